The van der Waals surface area contributed by atoms with Crippen molar-refractivity contribution in [2.45, 2.75) is 0 Å². The summed E-state index contributed by atoms with van der Waals surface area (Å²) in [6.07, 6.45) is 4.97. The summed E-state index contributed by atoms with van der Waals surface area (Å²) in [6.45, 7) is 0. The first-order valence-electron chi connectivity index (χ1n) is 9.77. The van der Waals surface area contributed by atoms with Gasteiger partial charge in [-0.05, 0) is 36.4 Å². The highest BCUT2D eigenvalue weighted by atomic mass is 16.5. The second-order valence-corrected chi connectivity index (χ2v) is 6.87. The first-order chi connectivity index (χ1) is 15.7. The maximum Gasteiger partial charge on any atom is 0.252 e. The monoisotopic (exact) mass is 423 g/mol. The molecule has 0 saturated carbocycles. The number of aromatic nitrogens is 4. The van der Waals surface area contributed by atoms with Crippen molar-refractivity contribution < 1.29 is 14.3 Å². The lowest BCUT2D eigenvalue weighted by Gasteiger charge is -2.12. The molecule has 1 amide bonds. The minimum absolute atomic E-state index is 0.264. The molecule has 3 heterocycles. The van der Waals surface area contributed by atoms with Gasteiger partial charge in [-0.3, -0.25) is 14.8 Å². The summed E-state index contributed by atoms with van der Waals surface area (Å²) in [7, 11) is 0. The third kappa shape index (κ3) is 3.84. The number of ether oxygens (including phenoxy) is 2. The molecule has 5 rings (SSSR count). The summed E-state index contributed by atoms with van der Waals surface area (Å²) in [5, 5.41) is 0. The van der Waals surface area contributed by atoms with E-state index in [1.807, 2.05) is 24.3 Å². The van der Waals surface area contributed by atoms with E-state index in [1.54, 1.807) is 61.1 Å². The highest BCUT2D eigenvalue weighted by molar-refractivity contribution is 5.96. The zero-order valence-electron chi connectivity index (χ0n) is 16.7. The molecule has 3 aromatic heterocycles. The Morgan fingerprint density at radius 3 is 2.53 bits per heavy atom. The number of H-pyrrole nitrogens is 1. The van der Waals surface area contributed by atoms with E-state index in [0.717, 1.165) is 0 Å². The van der Waals surface area contributed by atoms with Gasteiger partial charge in [0.1, 0.15) is 28.5 Å². The van der Waals surface area contributed by atoms with Gasteiger partial charge >= 0.3 is 0 Å². The Labute approximate surface area is 182 Å². The van der Waals surface area contributed by atoms with Crippen molar-refractivity contribution >= 4 is 16.9 Å². The van der Waals surface area contributed by atoms with Crippen molar-refractivity contribution in [1.29, 1.82) is 0 Å². The number of amides is 1. The quantitative estimate of drug-likeness (QED) is 0.409. The third-order valence-corrected chi connectivity index (χ3v) is 4.68. The molecule has 0 aliphatic rings. The lowest BCUT2D eigenvalue weighted by molar-refractivity contribution is 0.0998. The average Bonchev–Trinajstić information content (AvgIpc) is 3.25. The van der Waals surface area contributed by atoms with Crippen molar-refractivity contribution in [3.05, 3.63) is 90.9 Å². The summed E-state index contributed by atoms with van der Waals surface area (Å²) in [4.78, 5) is 28.2. The van der Waals surface area contributed by atoms with Gasteiger partial charge in [-0.1, -0.05) is 18.2 Å². The average molecular weight is 423 g/mol. The Morgan fingerprint density at radius 1 is 0.875 bits per heavy atom. The van der Waals surface area contributed by atoms with Gasteiger partial charge in [0.15, 0.2) is 11.6 Å². The Balaban J connectivity index is 1.63. The molecule has 0 bridgehead atoms. The molecular weight excluding hydrogens is 406 g/mol. The van der Waals surface area contributed by atoms with E-state index in [9.17, 15) is 4.79 Å². The van der Waals surface area contributed by atoms with E-state index in [2.05, 4.69) is 19.9 Å². The first kappa shape index (κ1) is 19.3. The maximum atomic E-state index is 11.9. The van der Waals surface area contributed by atoms with Crippen LogP contribution in [0.3, 0.4) is 0 Å². The zero-order valence-corrected chi connectivity index (χ0v) is 16.7. The number of hydrogen-bond acceptors (Lipinski definition) is 6. The fourth-order valence-electron chi connectivity index (χ4n) is 3.24. The second-order valence-electron chi connectivity index (χ2n) is 6.87. The number of aromatic amines is 1. The van der Waals surface area contributed by atoms with Crippen LogP contribution in [0, 0.1) is 0 Å². The Bertz CT molecular complexity index is 1400. The van der Waals surface area contributed by atoms with Gasteiger partial charge < -0.3 is 20.2 Å². The number of nitrogens with two attached hydrogens (primary N) is 1. The van der Waals surface area contributed by atoms with E-state index in [1.165, 1.54) is 0 Å². The number of nitrogens with zero attached hydrogens (tertiary/aromatic N) is 3. The molecule has 0 unspecified atom stereocenters. The Morgan fingerprint density at radius 2 is 1.75 bits per heavy atom. The van der Waals surface area contributed by atoms with Gasteiger partial charge in [0.2, 0.25) is 0 Å². The Hall–Kier alpha value is -4.72. The summed E-state index contributed by atoms with van der Waals surface area (Å²) in [5.74, 6) is 1.78. The molecule has 0 fully saturated rings. The van der Waals surface area contributed by atoms with Gasteiger partial charge in [0.25, 0.3) is 5.91 Å². The van der Waals surface area contributed by atoms with Crippen molar-refractivity contribution in [3.8, 4) is 34.5 Å². The number of benzene rings is 2. The Kier molecular flexibility index (Phi) is 4.93. The molecular formula is C24H17N5O3. The zero-order chi connectivity index (χ0) is 21.9. The van der Waals surface area contributed by atoms with E-state index in [0.29, 0.717) is 45.5 Å². The van der Waals surface area contributed by atoms with Crippen LogP contribution in [-0.4, -0.2) is 25.8 Å². The van der Waals surface area contributed by atoms with Crippen molar-refractivity contribution in [2.75, 3.05) is 0 Å². The first-order valence-corrected chi connectivity index (χ1v) is 9.77. The molecule has 156 valence electrons. The lowest BCUT2D eigenvalue weighted by Crippen LogP contribution is -2.12. The van der Waals surface area contributed by atoms with Crippen LogP contribution >= 0.6 is 0 Å². The fraction of sp³-hybridized carbons (Fsp3) is 0. The molecule has 5 aromatic rings. The molecule has 2 aromatic carbocycles. The predicted octanol–water partition coefficient (Wildman–Crippen LogP) is 4.70. The van der Waals surface area contributed by atoms with E-state index < -0.39 is 5.91 Å². The molecule has 0 radical (unpaired) electrons. The molecule has 32 heavy (non-hydrogen) atoms. The molecule has 8 nitrogen and oxygen atoms in total. The fourth-order valence-corrected chi connectivity index (χ4v) is 3.24. The van der Waals surface area contributed by atoms with Crippen molar-refractivity contribution in [2.24, 2.45) is 5.73 Å². The van der Waals surface area contributed by atoms with Gasteiger partial charge in [-0.15, -0.1) is 0 Å². The van der Waals surface area contributed by atoms with Gasteiger partial charge in [-0.25, -0.2) is 4.98 Å². The van der Waals surface area contributed by atoms with Gasteiger partial charge in [0, 0.05) is 24.5 Å². The number of para-hydroxylation sites is 1. The van der Waals surface area contributed by atoms with Crippen LogP contribution in [-0.2, 0) is 0 Å². The van der Waals surface area contributed by atoms with Gasteiger partial charge in [0.05, 0.1) is 17.3 Å². The number of carbonyl (C=O) groups excluding carboxylic acids is 1. The summed E-state index contributed by atoms with van der Waals surface area (Å²) in [6, 6.07) is 19.4. The topological polar surface area (TPSA) is 116 Å². The maximum absolute atomic E-state index is 11.9. The molecule has 0 spiro atoms. The standard InChI is InChI=1S/C24H17N5O3/c25-23(30)17-7-1-2-9-20(17)32-21-13-16(31-15-6-5-10-26-14-15)12-19-22(21)29-24(28-19)18-8-3-4-11-27-18/h1-14H,(H2,25,30)(H,28,29). The minimum Gasteiger partial charge on any atom is -0.456 e. The van der Waals surface area contributed by atoms with Crippen LogP contribution in [0.2, 0.25) is 0 Å². The van der Waals surface area contributed by atoms with Gasteiger partial charge in [-0.2, -0.15) is 0 Å². The van der Waals surface area contributed by atoms with E-state index >= 15 is 0 Å². The number of pyridine rings is 2. The van der Waals surface area contributed by atoms with Crippen LogP contribution in [0.25, 0.3) is 22.6 Å². The van der Waals surface area contributed by atoms with Crippen LogP contribution in [0.5, 0.6) is 23.0 Å². The lowest BCUT2D eigenvalue weighted by atomic mass is 10.2. The highest BCUT2D eigenvalue weighted by Crippen LogP contribution is 2.37. The number of nitrogens with one attached hydrogen (secondary N) is 1. The largest absolute Gasteiger partial charge is 0.456 e. The second kappa shape index (κ2) is 8.19. The highest BCUT2D eigenvalue weighted by Gasteiger charge is 2.17. The van der Waals surface area contributed by atoms with Crippen molar-refractivity contribution in [1.82, 2.24) is 19.9 Å². The minimum atomic E-state index is -0.587. The number of rotatable bonds is 6. The molecule has 0 saturated heterocycles. The predicted molar refractivity (Wildman–Crippen MR) is 119 cm³/mol. The number of imidazole rings is 1. The smallest absolute Gasteiger partial charge is 0.252 e. The van der Waals surface area contributed by atoms with Crippen LogP contribution in [0.1, 0.15) is 10.4 Å². The van der Waals surface area contributed by atoms with Crippen LogP contribution < -0.4 is 15.2 Å². The van der Waals surface area contributed by atoms with Crippen LogP contribution in [0.4, 0.5) is 0 Å². The third-order valence-electron chi connectivity index (χ3n) is 4.68. The SMILES string of the molecule is NC(=O)c1ccccc1Oc1cc(Oc2cccnc2)cc2[nH]c(-c3ccccn3)nc12. The molecule has 8 heteroatoms. The number of hydrogen-bond donors (Lipinski definition) is 2. The summed E-state index contributed by atoms with van der Waals surface area (Å²) in [5.41, 5.74) is 7.70. The number of fused-ring (bicyclic) bond motifs is 1. The molecule has 0 aliphatic heterocycles. The normalized spacial score (nSPS) is 10.8. The molecule has 0 atom stereocenters. The van der Waals surface area contributed by atoms with Crippen molar-refractivity contribution in [3.63, 3.8) is 0 Å². The van der Waals surface area contributed by atoms with E-state index in [4.69, 9.17) is 15.2 Å². The van der Waals surface area contributed by atoms with Crippen LogP contribution in [0.15, 0.2) is 85.3 Å². The molecule has 0 aliphatic carbocycles. The van der Waals surface area contributed by atoms with E-state index in [-0.39, 0.29) is 5.56 Å². The molecule has 3 N–H and O–H groups in total. The number of carbonyl (C=O) groups is 1. The summed E-state index contributed by atoms with van der Waals surface area (Å²) >= 11 is 0. The summed E-state index contributed by atoms with van der Waals surface area (Å²) < 4.78 is 12.1. The number of primary amides is 1.